The summed E-state index contributed by atoms with van der Waals surface area (Å²) in [6, 6.07) is 8.82. The number of likely N-dealkylation sites (N-methyl/N-ethyl adjacent to an activating group) is 1. The molecule has 21 heavy (non-hydrogen) atoms. The van der Waals surface area contributed by atoms with Crippen LogP contribution in [-0.2, 0) is 6.42 Å². The topological polar surface area (TPSA) is 79.5 Å². The van der Waals surface area contributed by atoms with Crippen molar-refractivity contribution in [3.05, 3.63) is 53.9 Å². The van der Waals surface area contributed by atoms with Crippen molar-refractivity contribution < 1.29 is 9.90 Å². The number of carboxylic acid groups (broad SMARTS) is 1. The highest BCUT2D eigenvalue weighted by molar-refractivity contribution is 5.90. The lowest BCUT2D eigenvalue weighted by Crippen LogP contribution is -2.26. The van der Waals surface area contributed by atoms with E-state index in [4.69, 9.17) is 10.8 Å². The molecule has 1 aromatic carbocycles. The van der Waals surface area contributed by atoms with E-state index in [-0.39, 0.29) is 5.56 Å². The Morgan fingerprint density at radius 2 is 2.19 bits per heavy atom. The summed E-state index contributed by atoms with van der Waals surface area (Å²) < 4.78 is 0. The van der Waals surface area contributed by atoms with Crippen LogP contribution < -0.4 is 10.6 Å². The summed E-state index contributed by atoms with van der Waals surface area (Å²) >= 11 is 0. The number of nitrogen functional groups attached to an aromatic ring is 1. The zero-order valence-corrected chi connectivity index (χ0v) is 12.0. The molecule has 5 nitrogen and oxygen atoms in total. The molecule has 5 heteroatoms. The number of pyridine rings is 1. The summed E-state index contributed by atoms with van der Waals surface area (Å²) in [6.45, 7) is 3.66. The molecule has 2 rings (SSSR count). The normalized spacial score (nSPS) is 10.3. The van der Waals surface area contributed by atoms with Crippen molar-refractivity contribution in [3.8, 4) is 0 Å². The molecule has 0 amide bonds. The maximum atomic E-state index is 10.9. The average molecular weight is 285 g/mol. The first kappa shape index (κ1) is 14.8. The van der Waals surface area contributed by atoms with Gasteiger partial charge in [0.25, 0.3) is 0 Å². The van der Waals surface area contributed by atoms with Crippen LogP contribution in [0.4, 0.5) is 11.4 Å². The second-order valence-electron chi connectivity index (χ2n) is 4.77. The number of carboxylic acids is 1. The lowest BCUT2D eigenvalue weighted by molar-refractivity contribution is 0.0697. The van der Waals surface area contributed by atoms with Gasteiger partial charge in [0.2, 0.25) is 0 Å². The molecule has 3 N–H and O–H groups in total. The molecule has 2 aromatic rings. The van der Waals surface area contributed by atoms with Crippen LogP contribution in [0.15, 0.2) is 42.7 Å². The van der Waals surface area contributed by atoms with Crippen LogP contribution in [0, 0.1) is 0 Å². The monoisotopic (exact) mass is 285 g/mol. The van der Waals surface area contributed by atoms with Crippen LogP contribution in [0.2, 0.25) is 0 Å². The van der Waals surface area contributed by atoms with Crippen LogP contribution in [0.3, 0.4) is 0 Å². The predicted molar refractivity (Wildman–Crippen MR) is 83.6 cm³/mol. The molecule has 110 valence electrons. The lowest BCUT2D eigenvalue weighted by Gasteiger charge is -2.24. The third kappa shape index (κ3) is 3.72. The van der Waals surface area contributed by atoms with E-state index in [0.717, 1.165) is 30.8 Å². The number of nitrogens with zero attached hydrogens (tertiary/aromatic N) is 2. The van der Waals surface area contributed by atoms with Crippen LogP contribution in [-0.4, -0.2) is 29.1 Å². The summed E-state index contributed by atoms with van der Waals surface area (Å²) in [5.41, 5.74) is 8.71. The summed E-state index contributed by atoms with van der Waals surface area (Å²) in [5, 5.41) is 8.97. The Hall–Kier alpha value is -2.56. The fourth-order valence-electron chi connectivity index (χ4n) is 2.23. The first-order valence-corrected chi connectivity index (χ1v) is 6.88. The number of hydrogen-bond donors (Lipinski definition) is 2. The maximum absolute atomic E-state index is 10.9. The minimum atomic E-state index is -0.966. The molecule has 0 unspecified atom stereocenters. The Morgan fingerprint density at radius 3 is 2.76 bits per heavy atom. The van der Waals surface area contributed by atoms with Crippen LogP contribution in [0.25, 0.3) is 0 Å². The molecule has 0 spiro atoms. The molecule has 1 aromatic heterocycles. The Kier molecular flexibility index (Phi) is 4.77. The van der Waals surface area contributed by atoms with E-state index < -0.39 is 5.97 Å². The van der Waals surface area contributed by atoms with E-state index in [1.807, 2.05) is 25.3 Å². The van der Waals surface area contributed by atoms with Gasteiger partial charge in [-0.3, -0.25) is 4.98 Å². The Balaban J connectivity index is 2.12. The molecule has 0 atom stereocenters. The highest BCUT2D eigenvalue weighted by Crippen LogP contribution is 2.24. The number of aromatic nitrogens is 1. The minimum absolute atomic E-state index is 0.208. The quantitative estimate of drug-likeness (QED) is 0.797. The van der Waals surface area contributed by atoms with E-state index in [1.54, 1.807) is 18.3 Å². The molecule has 1 heterocycles. The second kappa shape index (κ2) is 6.74. The van der Waals surface area contributed by atoms with Crippen molar-refractivity contribution in [1.29, 1.82) is 0 Å². The first-order chi connectivity index (χ1) is 10.1. The highest BCUT2D eigenvalue weighted by atomic mass is 16.4. The number of nitrogens with two attached hydrogens (primary N) is 1. The third-order valence-electron chi connectivity index (χ3n) is 3.39. The maximum Gasteiger partial charge on any atom is 0.335 e. The van der Waals surface area contributed by atoms with E-state index in [1.165, 1.54) is 6.07 Å². The Bertz CT molecular complexity index is 614. The van der Waals surface area contributed by atoms with Crippen molar-refractivity contribution in [1.82, 2.24) is 4.98 Å². The van der Waals surface area contributed by atoms with Gasteiger partial charge in [0.15, 0.2) is 0 Å². The number of carbonyl (C=O) groups is 1. The fourth-order valence-corrected chi connectivity index (χ4v) is 2.23. The highest BCUT2D eigenvalue weighted by Gasteiger charge is 2.11. The van der Waals surface area contributed by atoms with Gasteiger partial charge in [-0.05, 0) is 43.2 Å². The van der Waals surface area contributed by atoms with Gasteiger partial charge >= 0.3 is 5.97 Å². The predicted octanol–water partition coefficient (Wildman–Crippen LogP) is 2.43. The molecule has 0 radical (unpaired) electrons. The number of benzene rings is 1. The molecular formula is C16H19N3O2. The average Bonchev–Trinajstić information content (AvgIpc) is 2.50. The Morgan fingerprint density at radius 1 is 1.38 bits per heavy atom. The van der Waals surface area contributed by atoms with Crippen LogP contribution in [0.1, 0.15) is 22.8 Å². The molecule has 0 bridgehead atoms. The first-order valence-electron chi connectivity index (χ1n) is 6.88. The summed E-state index contributed by atoms with van der Waals surface area (Å²) in [5.74, 6) is -0.966. The van der Waals surface area contributed by atoms with Gasteiger partial charge in [0.05, 0.1) is 16.9 Å². The van der Waals surface area contributed by atoms with Gasteiger partial charge in [-0.25, -0.2) is 4.79 Å². The largest absolute Gasteiger partial charge is 0.478 e. The van der Waals surface area contributed by atoms with Gasteiger partial charge < -0.3 is 15.7 Å². The van der Waals surface area contributed by atoms with E-state index in [2.05, 4.69) is 9.88 Å². The second-order valence-corrected chi connectivity index (χ2v) is 4.77. The molecule has 0 aliphatic rings. The molecular weight excluding hydrogens is 266 g/mol. The molecule has 0 fully saturated rings. The standard InChI is InChI=1S/C16H19N3O2/c1-2-19(9-7-12-4-3-8-18-11-12)15-6-5-13(16(20)21)10-14(15)17/h3-6,8,10-11H,2,7,9,17H2,1H3,(H,20,21). The smallest absolute Gasteiger partial charge is 0.335 e. The number of rotatable bonds is 6. The van der Waals surface area contributed by atoms with E-state index in [0.29, 0.717) is 5.69 Å². The zero-order chi connectivity index (χ0) is 15.2. The molecule has 0 saturated heterocycles. The van der Waals surface area contributed by atoms with Gasteiger partial charge in [-0.15, -0.1) is 0 Å². The molecule has 0 aliphatic carbocycles. The number of hydrogen-bond acceptors (Lipinski definition) is 4. The number of anilines is 2. The Labute approximate surface area is 124 Å². The van der Waals surface area contributed by atoms with Crippen LogP contribution >= 0.6 is 0 Å². The van der Waals surface area contributed by atoms with E-state index >= 15 is 0 Å². The fraction of sp³-hybridized carbons (Fsp3) is 0.250. The SMILES string of the molecule is CCN(CCc1cccnc1)c1ccc(C(=O)O)cc1N. The van der Waals surface area contributed by atoms with Gasteiger partial charge in [0.1, 0.15) is 0 Å². The summed E-state index contributed by atoms with van der Waals surface area (Å²) in [7, 11) is 0. The summed E-state index contributed by atoms with van der Waals surface area (Å²) in [4.78, 5) is 17.2. The van der Waals surface area contributed by atoms with Crippen molar-refractivity contribution in [3.63, 3.8) is 0 Å². The number of aromatic carboxylic acids is 1. The third-order valence-corrected chi connectivity index (χ3v) is 3.39. The van der Waals surface area contributed by atoms with Crippen molar-refractivity contribution in [2.75, 3.05) is 23.7 Å². The van der Waals surface area contributed by atoms with Crippen LogP contribution in [0.5, 0.6) is 0 Å². The molecule has 0 saturated carbocycles. The van der Waals surface area contributed by atoms with Crippen molar-refractivity contribution in [2.24, 2.45) is 0 Å². The van der Waals surface area contributed by atoms with Gasteiger partial charge in [-0.2, -0.15) is 0 Å². The summed E-state index contributed by atoms with van der Waals surface area (Å²) in [6.07, 6.45) is 4.47. The van der Waals surface area contributed by atoms with Gasteiger partial charge in [-0.1, -0.05) is 6.07 Å². The van der Waals surface area contributed by atoms with E-state index in [9.17, 15) is 4.79 Å². The zero-order valence-electron chi connectivity index (χ0n) is 12.0. The molecule has 0 aliphatic heterocycles. The lowest BCUT2D eigenvalue weighted by atomic mass is 10.1. The van der Waals surface area contributed by atoms with Crippen molar-refractivity contribution >= 4 is 17.3 Å². The van der Waals surface area contributed by atoms with Gasteiger partial charge in [0, 0.05) is 25.5 Å². The minimum Gasteiger partial charge on any atom is -0.478 e. The van der Waals surface area contributed by atoms with Crippen molar-refractivity contribution in [2.45, 2.75) is 13.3 Å².